The van der Waals surface area contributed by atoms with E-state index in [4.69, 9.17) is 18.9 Å². The van der Waals surface area contributed by atoms with Gasteiger partial charge in [0.15, 0.2) is 0 Å². The Morgan fingerprint density at radius 2 is 1.72 bits per heavy atom. The highest BCUT2D eigenvalue weighted by Gasteiger charge is 2.30. The van der Waals surface area contributed by atoms with Crippen molar-refractivity contribution < 1.29 is 23.7 Å². The van der Waals surface area contributed by atoms with Crippen LogP contribution in [-0.4, -0.2) is 38.9 Å². The smallest absolute Gasteiger partial charge is 0.306 e. The molecule has 190 valence electrons. The molecule has 0 unspecified atom stereocenters. The maximum atomic E-state index is 12.3. The first kappa shape index (κ1) is 25.4. The van der Waals surface area contributed by atoms with E-state index in [0.717, 1.165) is 53.6 Å². The molecule has 1 saturated heterocycles. The molecule has 0 saturated carbocycles. The fourth-order valence-corrected chi connectivity index (χ4v) is 4.17. The maximum Gasteiger partial charge on any atom is 0.306 e. The summed E-state index contributed by atoms with van der Waals surface area (Å²) in [4.78, 5) is 14.5. The van der Waals surface area contributed by atoms with Gasteiger partial charge in [-0.3, -0.25) is 4.79 Å². The third kappa shape index (κ3) is 6.72. The average Bonchev–Trinajstić information content (AvgIpc) is 2.89. The number of anilines is 1. The van der Waals surface area contributed by atoms with Gasteiger partial charge < -0.3 is 23.8 Å². The van der Waals surface area contributed by atoms with Crippen molar-refractivity contribution >= 4 is 11.7 Å². The van der Waals surface area contributed by atoms with Crippen LogP contribution in [0.4, 0.5) is 5.69 Å². The second kappa shape index (κ2) is 12.3. The van der Waals surface area contributed by atoms with E-state index in [9.17, 15) is 4.79 Å². The summed E-state index contributed by atoms with van der Waals surface area (Å²) in [7, 11) is 1.68. The molecule has 0 aromatic heterocycles. The monoisotopic (exact) mass is 489 g/mol. The van der Waals surface area contributed by atoms with E-state index in [1.54, 1.807) is 7.11 Å². The third-order valence-electron chi connectivity index (χ3n) is 6.28. The van der Waals surface area contributed by atoms with Gasteiger partial charge in [0.2, 0.25) is 0 Å². The van der Waals surface area contributed by atoms with Gasteiger partial charge in [-0.15, -0.1) is 0 Å². The first-order chi connectivity index (χ1) is 17.6. The molecule has 1 atom stereocenters. The number of carbonyl (C=O) groups is 1. The summed E-state index contributed by atoms with van der Waals surface area (Å²) in [5.41, 5.74) is 3.12. The number of hydrogen-bond acceptors (Lipinski definition) is 6. The van der Waals surface area contributed by atoms with Crippen molar-refractivity contribution in [3.63, 3.8) is 0 Å². The second-order valence-electron chi connectivity index (χ2n) is 9.15. The molecule has 0 aliphatic carbocycles. The highest BCUT2D eigenvalue weighted by Crippen LogP contribution is 2.35. The Kier molecular flexibility index (Phi) is 8.71. The molecule has 1 heterocycles. The summed E-state index contributed by atoms with van der Waals surface area (Å²) in [6.07, 6.45) is 1.42. The van der Waals surface area contributed by atoms with E-state index < -0.39 is 0 Å². The Morgan fingerprint density at radius 3 is 2.42 bits per heavy atom. The topological polar surface area (TPSA) is 57.2 Å². The van der Waals surface area contributed by atoms with E-state index in [0.29, 0.717) is 19.6 Å². The Balaban J connectivity index is 1.23. The molecule has 0 radical (unpaired) electrons. The van der Waals surface area contributed by atoms with Crippen LogP contribution >= 0.6 is 0 Å². The molecule has 1 aliphatic heterocycles. The Hall–Kier alpha value is -3.67. The number of carbonyl (C=O) groups excluding carboxylic acids is 1. The molecular weight excluding hydrogens is 454 g/mol. The van der Waals surface area contributed by atoms with Crippen LogP contribution < -0.4 is 19.1 Å². The van der Waals surface area contributed by atoms with Crippen molar-refractivity contribution in [3.05, 3.63) is 83.9 Å². The highest BCUT2D eigenvalue weighted by molar-refractivity contribution is 5.70. The van der Waals surface area contributed by atoms with E-state index in [1.807, 2.05) is 79.7 Å². The summed E-state index contributed by atoms with van der Waals surface area (Å²) in [5.74, 6) is 2.34. The first-order valence-corrected chi connectivity index (χ1v) is 12.6. The molecular formula is C30H35NO5. The maximum absolute atomic E-state index is 12.3. The van der Waals surface area contributed by atoms with Crippen molar-refractivity contribution in [2.75, 3.05) is 31.7 Å². The lowest BCUT2D eigenvalue weighted by atomic mass is 9.98. The van der Waals surface area contributed by atoms with Gasteiger partial charge in [-0.05, 0) is 47.7 Å². The second-order valence-corrected chi connectivity index (χ2v) is 9.15. The number of nitrogens with zero attached hydrogens (tertiary/aromatic N) is 1. The third-order valence-corrected chi connectivity index (χ3v) is 6.28. The average molecular weight is 490 g/mol. The predicted molar refractivity (Wildman–Crippen MR) is 141 cm³/mol. The zero-order chi connectivity index (χ0) is 25.3. The lowest BCUT2D eigenvalue weighted by molar-refractivity contribution is -0.145. The zero-order valence-corrected chi connectivity index (χ0v) is 21.3. The van der Waals surface area contributed by atoms with E-state index in [1.165, 1.54) is 0 Å². The molecule has 3 aromatic carbocycles. The SMILES string of the molecule is CCCOc1ccc(N2CC(Oc3ccc([C@H](C)CC(=O)OCc4ccccc4)cc3)C2)c(OC)c1. The first-order valence-electron chi connectivity index (χ1n) is 12.6. The predicted octanol–water partition coefficient (Wildman–Crippen LogP) is 5.99. The van der Waals surface area contributed by atoms with Gasteiger partial charge in [0.25, 0.3) is 0 Å². The molecule has 1 aliphatic rings. The number of hydrogen-bond donors (Lipinski definition) is 0. The number of rotatable bonds is 12. The van der Waals surface area contributed by atoms with Gasteiger partial charge in [0, 0.05) is 6.07 Å². The molecule has 0 amide bonds. The van der Waals surface area contributed by atoms with E-state index in [-0.39, 0.29) is 18.0 Å². The minimum absolute atomic E-state index is 0.0678. The van der Waals surface area contributed by atoms with Crippen LogP contribution in [0, 0.1) is 0 Å². The highest BCUT2D eigenvalue weighted by atomic mass is 16.5. The van der Waals surface area contributed by atoms with Crippen LogP contribution in [-0.2, 0) is 16.1 Å². The van der Waals surface area contributed by atoms with Gasteiger partial charge in [0.05, 0.1) is 38.9 Å². The molecule has 36 heavy (non-hydrogen) atoms. The normalized spacial score (nSPS) is 14.0. The number of methoxy groups -OCH3 is 1. The number of esters is 1. The molecule has 0 N–H and O–H groups in total. The van der Waals surface area contributed by atoms with E-state index >= 15 is 0 Å². The summed E-state index contributed by atoms with van der Waals surface area (Å²) in [5, 5.41) is 0. The number of benzene rings is 3. The van der Waals surface area contributed by atoms with Gasteiger partial charge in [-0.25, -0.2) is 0 Å². The van der Waals surface area contributed by atoms with Crippen LogP contribution in [0.5, 0.6) is 17.2 Å². The van der Waals surface area contributed by atoms with Crippen molar-refractivity contribution in [3.8, 4) is 17.2 Å². The van der Waals surface area contributed by atoms with Crippen molar-refractivity contribution in [2.45, 2.75) is 45.3 Å². The summed E-state index contributed by atoms with van der Waals surface area (Å²) in [6.45, 7) is 6.70. The van der Waals surface area contributed by atoms with Gasteiger partial charge in [0.1, 0.15) is 30.0 Å². The zero-order valence-electron chi connectivity index (χ0n) is 21.3. The molecule has 6 nitrogen and oxygen atoms in total. The molecule has 0 spiro atoms. The fraction of sp³-hybridized carbons (Fsp3) is 0.367. The quantitative estimate of drug-likeness (QED) is 0.291. The lowest BCUT2D eigenvalue weighted by Gasteiger charge is -2.41. The molecule has 6 heteroatoms. The minimum Gasteiger partial charge on any atom is -0.494 e. The Labute approximate surface area is 213 Å². The van der Waals surface area contributed by atoms with Crippen LogP contribution in [0.25, 0.3) is 0 Å². The standard InChI is InChI=1S/C30H35NO5/c1-4-16-34-26-14-15-28(29(18-26)33-3)31-19-27(20-31)36-25-12-10-24(11-13-25)22(2)17-30(32)35-21-23-8-6-5-7-9-23/h5-15,18,22,27H,4,16-17,19-21H2,1-3H3/t22-/m1/s1. The summed E-state index contributed by atoms with van der Waals surface area (Å²) in [6, 6.07) is 23.7. The van der Waals surface area contributed by atoms with Gasteiger partial charge >= 0.3 is 5.97 Å². The molecule has 1 fully saturated rings. The van der Waals surface area contributed by atoms with Crippen LogP contribution in [0.2, 0.25) is 0 Å². The van der Waals surface area contributed by atoms with Crippen molar-refractivity contribution in [1.29, 1.82) is 0 Å². The van der Waals surface area contributed by atoms with Crippen LogP contribution in [0.1, 0.15) is 43.7 Å². The minimum atomic E-state index is -0.193. The van der Waals surface area contributed by atoms with Crippen LogP contribution in [0.3, 0.4) is 0 Å². The van der Waals surface area contributed by atoms with Gasteiger partial charge in [-0.2, -0.15) is 0 Å². The fourth-order valence-electron chi connectivity index (χ4n) is 4.17. The number of ether oxygens (including phenoxy) is 4. The van der Waals surface area contributed by atoms with Crippen molar-refractivity contribution in [2.24, 2.45) is 0 Å². The lowest BCUT2D eigenvalue weighted by Crippen LogP contribution is -2.54. The van der Waals surface area contributed by atoms with Crippen molar-refractivity contribution in [1.82, 2.24) is 0 Å². The molecule has 0 bridgehead atoms. The Morgan fingerprint density at radius 1 is 1.00 bits per heavy atom. The summed E-state index contributed by atoms with van der Waals surface area (Å²) >= 11 is 0. The summed E-state index contributed by atoms with van der Waals surface area (Å²) < 4.78 is 22.9. The van der Waals surface area contributed by atoms with E-state index in [2.05, 4.69) is 11.8 Å². The largest absolute Gasteiger partial charge is 0.494 e. The van der Waals surface area contributed by atoms with Crippen LogP contribution in [0.15, 0.2) is 72.8 Å². The molecule has 4 rings (SSSR count). The van der Waals surface area contributed by atoms with Gasteiger partial charge in [-0.1, -0.05) is 56.3 Å². The molecule has 3 aromatic rings. The Bertz CT molecular complexity index is 1110.